The summed E-state index contributed by atoms with van der Waals surface area (Å²) in [7, 11) is 0. The molecule has 12 heavy (non-hydrogen) atoms. The second kappa shape index (κ2) is 2.17. The first kappa shape index (κ1) is 6.38. The van der Waals surface area contributed by atoms with E-state index in [1.165, 1.54) is 16.1 Å². The summed E-state index contributed by atoms with van der Waals surface area (Å²) in [6.07, 6.45) is 0. The summed E-state index contributed by atoms with van der Waals surface area (Å²) in [6.45, 7) is 2.04. The number of fused-ring (bicyclic) bond motifs is 2. The van der Waals surface area contributed by atoms with Crippen LogP contribution in [-0.4, -0.2) is 19.1 Å². The van der Waals surface area contributed by atoms with Gasteiger partial charge in [-0.1, -0.05) is 18.2 Å². The Morgan fingerprint density at radius 1 is 1.33 bits per heavy atom. The second-order valence-corrected chi connectivity index (χ2v) is 3.32. The number of hydrogen-bond donors (Lipinski definition) is 1. The number of nitrogens with one attached hydrogen (secondary N) is 1. The highest BCUT2D eigenvalue weighted by molar-refractivity contribution is 5.57. The van der Waals surface area contributed by atoms with Crippen LogP contribution in [-0.2, 0) is 0 Å². The van der Waals surface area contributed by atoms with E-state index in [9.17, 15) is 0 Å². The fourth-order valence-electron chi connectivity index (χ4n) is 2.01. The van der Waals surface area contributed by atoms with Crippen molar-refractivity contribution < 1.29 is 0 Å². The van der Waals surface area contributed by atoms with E-state index in [1.807, 2.05) is 0 Å². The maximum atomic E-state index is 4.61. The lowest BCUT2D eigenvalue weighted by atomic mass is 10.1. The van der Waals surface area contributed by atoms with Gasteiger partial charge in [0.2, 0.25) is 0 Å². The van der Waals surface area contributed by atoms with E-state index in [4.69, 9.17) is 0 Å². The van der Waals surface area contributed by atoms with Gasteiger partial charge in [0.25, 0.3) is 0 Å². The van der Waals surface area contributed by atoms with Gasteiger partial charge in [0.15, 0.2) is 0 Å². The third-order valence-corrected chi connectivity index (χ3v) is 2.60. The Bertz CT molecular complexity index is 433. The van der Waals surface area contributed by atoms with Crippen LogP contribution in [0.15, 0.2) is 29.3 Å². The lowest BCUT2D eigenvalue weighted by molar-refractivity contribution is 0.782. The highest BCUT2D eigenvalue weighted by Crippen LogP contribution is 2.12. The first-order chi connectivity index (χ1) is 5.95. The predicted octanol–water partition coefficient (Wildman–Crippen LogP) is -0.558. The maximum absolute atomic E-state index is 4.61. The molecule has 2 nitrogen and oxygen atoms in total. The minimum absolute atomic E-state index is 0.433. The van der Waals surface area contributed by atoms with Crippen LogP contribution in [0, 0.1) is 0 Å². The van der Waals surface area contributed by atoms with Gasteiger partial charge in [-0.05, 0) is 11.6 Å². The Labute approximate surface area is 70.6 Å². The van der Waals surface area contributed by atoms with E-state index in [0.717, 1.165) is 13.1 Å². The predicted molar refractivity (Wildman–Crippen MR) is 47.3 cm³/mol. The van der Waals surface area contributed by atoms with Gasteiger partial charge in [-0.3, -0.25) is 4.99 Å². The van der Waals surface area contributed by atoms with Gasteiger partial charge in [-0.2, -0.15) is 0 Å². The molecule has 1 aromatic rings. The van der Waals surface area contributed by atoms with E-state index in [2.05, 4.69) is 34.6 Å². The smallest absolute Gasteiger partial charge is 0.0862 e. The number of benzene rings is 1. The van der Waals surface area contributed by atoms with Crippen molar-refractivity contribution in [2.24, 2.45) is 4.99 Å². The monoisotopic (exact) mass is 158 g/mol. The quantitative estimate of drug-likeness (QED) is 0.538. The molecule has 0 amide bonds. The zero-order valence-electron chi connectivity index (χ0n) is 6.75. The largest absolute Gasteiger partial charge is 0.310 e. The van der Waals surface area contributed by atoms with E-state index in [1.54, 1.807) is 0 Å². The van der Waals surface area contributed by atoms with E-state index in [0.29, 0.717) is 6.04 Å². The van der Waals surface area contributed by atoms with Gasteiger partial charge < -0.3 is 5.32 Å². The fraction of sp³-hybridized carbons (Fsp3) is 0.300. The highest BCUT2D eigenvalue weighted by Gasteiger charge is 2.23. The first-order valence-electron chi connectivity index (χ1n) is 4.32. The Morgan fingerprint density at radius 3 is 3.25 bits per heavy atom. The summed E-state index contributed by atoms with van der Waals surface area (Å²) < 4.78 is 0. The fourth-order valence-corrected chi connectivity index (χ4v) is 2.01. The molecule has 2 aliphatic heterocycles. The molecule has 0 aromatic heterocycles. The first-order valence-corrected chi connectivity index (χ1v) is 4.32. The van der Waals surface area contributed by atoms with Gasteiger partial charge in [-0.15, -0.1) is 0 Å². The summed E-state index contributed by atoms with van der Waals surface area (Å²) in [5, 5.41) is 5.87. The summed E-state index contributed by atoms with van der Waals surface area (Å²) >= 11 is 0. The molecule has 1 saturated heterocycles. The third kappa shape index (κ3) is 0.703. The molecule has 1 atom stereocenters. The summed E-state index contributed by atoms with van der Waals surface area (Å²) in [5.41, 5.74) is 1.48. The summed E-state index contributed by atoms with van der Waals surface area (Å²) in [4.78, 5) is 4.61. The molecule has 2 heteroatoms. The van der Waals surface area contributed by atoms with Crippen LogP contribution in [0.4, 0.5) is 0 Å². The van der Waals surface area contributed by atoms with Crippen molar-refractivity contribution in [3.8, 4) is 0 Å². The molecule has 3 rings (SSSR count). The molecule has 0 aliphatic carbocycles. The van der Waals surface area contributed by atoms with Gasteiger partial charge in [0.1, 0.15) is 0 Å². The van der Waals surface area contributed by atoms with Gasteiger partial charge in [0, 0.05) is 18.3 Å². The van der Waals surface area contributed by atoms with Crippen molar-refractivity contribution in [2.45, 2.75) is 6.04 Å². The van der Waals surface area contributed by atoms with Crippen molar-refractivity contribution in [1.29, 1.82) is 0 Å². The van der Waals surface area contributed by atoms with E-state index >= 15 is 0 Å². The topological polar surface area (TPSA) is 24.4 Å². The van der Waals surface area contributed by atoms with Crippen molar-refractivity contribution in [3.05, 3.63) is 34.8 Å². The molecule has 1 N–H and O–H groups in total. The second-order valence-electron chi connectivity index (χ2n) is 3.32. The van der Waals surface area contributed by atoms with Crippen LogP contribution in [0.2, 0.25) is 0 Å². The van der Waals surface area contributed by atoms with Crippen molar-refractivity contribution in [3.63, 3.8) is 0 Å². The van der Waals surface area contributed by atoms with Gasteiger partial charge in [-0.25, -0.2) is 0 Å². The Kier molecular flexibility index (Phi) is 1.15. The zero-order valence-corrected chi connectivity index (χ0v) is 6.75. The SMILES string of the molecule is c1ccc2c(c1)=NC1CNCC=21. The molecular weight excluding hydrogens is 148 g/mol. The number of rotatable bonds is 0. The number of para-hydroxylation sites is 1. The minimum atomic E-state index is 0.433. The van der Waals surface area contributed by atoms with Crippen molar-refractivity contribution in [1.82, 2.24) is 5.32 Å². The van der Waals surface area contributed by atoms with Crippen LogP contribution in [0.25, 0.3) is 5.57 Å². The standard InChI is InChI=1S/C10H10N2/c1-2-4-9-7(3-1)8-5-11-6-10(8)12-9/h1-4,10-11H,5-6H2. The Morgan fingerprint density at radius 2 is 2.25 bits per heavy atom. The summed E-state index contributed by atoms with van der Waals surface area (Å²) in [5.74, 6) is 0. The molecule has 1 unspecified atom stereocenters. The average molecular weight is 158 g/mol. The lowest BCUT2D eigenvalue weighted by Crippen LogP contribution is -2.24. The molecule has 0 spiro atoms. The third-order valence-electron chi connectivity index (χ3n) is 2.60. The Balaban J connectivity index is 2.42. The maximum Gasteiger partial charge on any atom is 0.0862 e. The van der Waals surface area contributed by atoms with E-state index < -0.39 is 0 Å². The van der Waals surface area contributed by atoms with Crippen molar-refractivity contribution >= 4 is 5.57 Å². The van der Waals surface area contributed by atoms with Gasteiger partial charge >= 0.3 is 0 Å². The number of nitrogens with zero attached hydrogens (tertiary/aromatic N) is 1. The minimum Gasteiger partial charge on any atom is -0.310 e. The van der Waals surface area contributed by atoms with Crippen LogP contribution in [0.1, 0.15) is 0 Å². The van der Waals surface area contributed by atoms with Crippen LogP contribution < -0.4 is 15.9 Å². The molecule has 60 valence electrons. The van der Waals surface area contributed by atoms with Crippen LogP contribution >= 0.6 is 0 Å². The molecular formula is C10H10N2. The molecule has 0 saturated carbocycles. The summed E-state index contributed by atoms with van der Waals surface area (Å²) in [6, 6.07) is 8.84. The highest BCUT2D eigenvalue weighted by atomic mass is 15.0. The normalized spacial score (nSPS) is 25.0. The van der Waals surface area contributed by atoms with Gasteiger partial charge in [0.05, 0.1) is 11.4 Å². The number of hydrogen-bond acceptors (Lipinski definition) is 2. The molecule has 2 heterocycles. The molecule has 2 aliphatic rings. The Hall–Kier alpha value is -1.15. The van der Waals surface area contributed by atoms with Crippen LogP contribution in [0.5, 0.6) is 0 Å². The lowest BCUT2D eigenvalue weighted by Gasteiger charge is -1.95. The average Bonchev–Trinajstić information content (AvgIpc) is 2.62. The molecule has 0 bridgehead atoms. The van der Waals surface area contributed by atoms with Crippen LogP contribution in [0.3, 0.4) is 0 Å². The zero-order chi connectivity index (χ0) is 7.97. The molecule has 1 fully saturated rings. The van der Waals surface area contributed by atoms with Crippen molar-refractivity contribution in [2.75, 3.05) is 13.1 Å². The molecule has 0 radical (unpaired) electrons. The molecule has 1 aromatic carbocycles. The van der Waals surface area contributed by atoms with E-state index in [-0.39, 0.29) is 0 Å².